The van der Waals surface area contributed by atoms with Crippen LogP contribution in [0.25, 0.3) is 44.2 Å². The molecule has 3 aliphatic rings. The fraction of sp³-hybridized carbons (Fsp3) is 0.432. The second kappa shape index (κ2) is 11.4. The topological polar surface area (TPSA) is 117 Å². The number of rotatable bonds is 5. The summed E-state index contributed by atoms with van der Waals surface area (Å²) < 4.78 is 17.5. The van der Waals surface area contributed by atoms with Crippen LogP contribution < -0.4 is 10.1 Å². The molecule has 1 amide bonds. The number of H-pyrrole nitrogens is 2. The van der Waals surface area contributed by atoms with Gasteiger partial charge in [0.15, 0.2) is 0 Å². The van der Waals surface area contributed by atoms with E-state index in [1.165, 1.54) is 0 Å². The van der Waals surface area contributed by atoms with Crippen LogP contribution >= 0.6 is 0 Å². The number of carbonyl (C=O) groups excluding carboxylic acids is 1. The van der Waals surface area contributed by atoms with E-state index in [0.717, 1.165) is 86.4 Å². The Hall–Kier alpha value is -4.41. The van der Waals surface area contributed by atoms with Gasteiger partial charge in [0.2, 0.25) is 0 Å². The van der Waals surface area contributed by atoms with E-state index in [-0.39, 0.29) is 24.1 Å². The van der Waals surface area contributed by atoms with Crippen LogP contribution in [-0.2, 0) is 16.1 Å². The summed E-state index contributed by atoms with van der Waals surface area (Å²) in [7, 11) is 1.69. The maximum atomic E-state index is 13.1. The number of imidazole rings is 2. The third-order valence-electron chi connectivity index (χ3n) is 9.71. The molecule has 2 fully saturated rings. The van der Waals surface area contributed by atoms with E-state index < -0.39 is 5.60 Å². The third-order valence-corrected chi connectivity index (χ3v) is 9.71. The number of ether oxygens (including phenoxy) is 3. The number of nitrogens with zero attached hydrogens (tertiary/aromatic N) is 3. The first-order chi connectivity index (χ1) is 22.6. The molecule has 5 aromatic rings. The molecule has 3 N–H and O–H groups in total. The van der Waals surface area contributed by atoms with Gasteiger partial charge in [-0.2, -0.15) is 0 Å². The van der Waals surface area contributed by atoms with Gasteiger partial charge in [0, 0.05) is 36.6 Å². The molecule has 4 unspecified atom stereocenters. The molecule has 10 nitrogen and oxygen atoms in total. The molecule has 0 radical (unpaired) electrons. The zero-order chi connectivity index (χ0) is 32.4. The normalized spacial score (nSPS) is 22.4. The molecule has 3 aromatic carbocycles. The second-order valence-corrected chi connectivity index (χ2v) is 14.4. The van der Waals surface area contributed by atoms with Crippen molar-refractivity contribution >= 4 is 27.9 Å². The zero-order valence-corrected chi connectivity index (χ0v) is 27.6. The highest BCUT2D eigenvalue weighted by molar-refractivity contribution is 6.07. The van der Waals surface area contributed by atoms with Crippen LogP contribution in [0.4, 0.5) is 4.79 Å². The first kappa shape index (κ1) is 30.0. The van der Waals surface area contributed by atoms with Gasteiger partial charge >= 0.3 is 6.09 Å². The fourth-order valence-corrected chi connectivity index (χ4v) is 7.49. The summed E-state index contributed by atoms with van der Waals surface area (Å²) in [6, 6.07) is 15.7. The summed E-state index contributed by atoms with van der Waals surface area (Å²) in [5.74, 6) is 2.85. The molecule has 0 bridgehead atoms. The number of amides is 1. The van der Waals surface area contributed by atoms with Gasteiger partial charge in [0.1, 0.15) is 29.6 Å². The largest absolute Gasteiger partial charge is 0.488 e. The van der Waals surface area contributed by atoms with Crippen molar-refractivity contribution in [3.63, 3.8) is 0 Å². The minimum absolute atomic E-state index is 0.211. The Morgan fingerprint density at radius 1 is 1.06 bits per heavy atom. The molecule has 244 valence electrons. The van der Waals surface area contributed by atoms with Crippen LogP contribution in [0.3, 0.4) is 0 Å². The van der Waals surface area contributed by atoms with Crippen molar-refractivity contribution < 1.29 is 19.0 Å². The lowest BCUT2D eigenvalue weighted by atomic mass is 9.92. The number of hydrogen-bond donors (Lipinski definition) is 3. The quantitative estimate of drug-likeness (QED) is 0.184. The highest BCUT2D eigenvalue weighted by Gasteiger charge is 2.40. The maximum absolute atomic E-state index is 13.1. The van der Waals surface area contributed by atoms with Gasteiger partial charge in [0.25, 0.3) is 0 Å². The Bertz CT molecular complexity index is 1990. The first-order valence-electron chi connectivity index (χ1n) is 16.7. The number of benzene rings is 3. The van der Waals surface area contributed by atoms with Gasteiger partial charge in [0.05, 0.1) is 41.6 Å². The van der Waals surface area contributed by atoms with Crippen LogP contribution in [0.15, 0.2) is 48.7 Å². The maximum Gasteiger partial charge on any atom is 0.410 e. The summed E-state index contributed by atoms with van der Waals surface area (Å²) in [5, 5.41) is 5.88. The Morgan fingerprint density at radius 3 is 2.72 bits per heavy atom. The van der Waals surface area contributed by atoms with Crippen LogP contribution in [0.2, 0.25) is 0 Å². The van der Waals surface area contributed by atoms with E-state index in [4.69, 9.17) is 24.2 Å². The van der Waals surface area contributed by atoms with E-state index in [2.05, 4.69) is 64.7 Å². The Morgan fingerprint density at radius 2 is 1.94 bits per heavy atom. The highest BCUT2D eigenvalue weighted by Crippen LogP contribution is 2.43. The summed E-state index contributed by atoms with van der Waals surface area (Å²) >= 11 is 0. The zero-order valence-electron chi connectivity index (χ0n) is 27.6. The number of methoxy groups -OCH3 is 1. The van der Waals surface area contributed by atoms with E-state index in [1.54, 1.807) is 12.0 Å². The molecule has 47 heavy (non-hydrogen) atoms. The molecule has 0 saturated carbocycles. The van der Waals surface area contributed by atoms with Gasteiger partial charge in [-0.1, -0.05) is 18.2 Å². The fourth-order valence-electron chi connectivity index (χ4n) is 7.49. The predicted octanol–water partition coefficient (Wildman–Crippen LogP) is 7.42. The number of hydrogen-bond acceptors (Lipinski definition) is 7. The van der Waals surface area contributed by atoms with E-state index in [9.17, 15) is 4.79 Å². The molecular formula is C37H42N6O4. The van der Waals surface area contributed by atoms with Crippen LogP contribution in [0.5, 0.6) is 5.75 Å². The molecule has 4 atom stereocenters. The molecular weight excluding hydrogens is 592 g/mol. The van der Waals surface area contributed by atoms with Gasteiger partial charge in [-0.25, -0.2) is 14.8 Å². The van der Waals surface area contributed by atoms with E-state index in [1.807, 2.05) is 27.0 Å². The molecule has 2 saturated heterocycles. The minimum atomic E-state index is -0.578. The standard InChI is InChI=1S/C37H42N6O4/c1-20-6-10-29(39-20)34-40-28-11-8-22-14-27-25-9-7-23(13-24(25)19-46-32(27)15-26(22)33(28)42-34)30-16-38-35(41-30)31-12-21(18-45-5)17-43(31)36(44)47-37(2,3)4/h7-9,11,13-16,20-21,29,31,39H,6,10,12,17-19H2,1-5H3,(H,38,41)(H,40,42). The lowest BCUT2D eigenvalue weighted by Crippen LogP contribution is -2.37. The number of aromatic amines is 2. The van der Waals surface area contributed by atoms with Crippen molar-refractivity contribution in [2.24, 2.45) is 5.92 Å². The summed E-state index contributed by atoms with van der Waals surface area (Å²) in [6.07, 6.45) is 4.53. The summed E-state index contributed by atoms with van der Waals surface area (Å²) in [5.41, 5.74) is 6.74. The molecule has 2 aromatic heterocycles. The van der Waals surface area contributed by atoms with Gasteiger partial charge in [-0.15, -0.1) is 0 Å². The smallest absolute Gasteiger partial charge is 0.410 e. The predicted molar refractivity (Wildman–Crippen MR) is 181 cm³/mol. The van der Waals surface area contributed by atoms with Crippen molar-refractivity contribution in [1.82, 2.24) is 30.2 Å². The number of likely N-dealkylation sites (tertiary alicyclic amines) is 1. The second-order valence-electron chi connectivity index (χ2n) is 14.4. The molecule has 5 heterocycles. The lowest BCUT2D eigenvalue weighted by molar-refractivity contribution is 0.0208. The Kier molecular flexibility index (Phi) is 7.25. The SMILES string of the molecule is COCC1CC(c2ncc(-c3ccc4c(c3)COc3cc5c(ccc6[nH]c(C7CCC(C)N7)nc65)cc3-4)[nH]2)N(C(=O)OC(C)(C)C)C1. The Balaban J connectivity index is 1.07. The molecule has 3 aliphatic heterocycles. The van der Waals surface area contributed by atoms with Crippen LogP contribution in [0, 0.1) is 5.92 Å². The van der Waals surface area contributed by atoms with Crippen LogP contribution in [0.1, 0.15) is 76.3 Å². The van der Waals surface area contributed by atoms with Crippen molar-refractivity contribution in [3.8, 4) is 28.1 Å². The number of fused-ring (bicyclic) bond motifs is 6. The van der Waals surface area contributed by atoms with Crippen molar-refractivity contribution in [1.29, 1.82) is 0 Å². The third kappa shape index (κ3) is 5.53. The lowest BCUT2D eigenvalue weighted by Gasteiger charge is -2.27. The van der Waals surface area contributed by atoms with Crippen molar-refractivity contribution in [3.05, 3.63) is 65.9 Å². The van der Waals surface area contributed by atoms with Gasteiger partial charge in [-0.3, -0.25) is 4.90 Å². The first-order valence-corrected chi connectivity index (χ1v) is 16.7. The van der Waals surface area contributed by atoms with Gasteiger partial charge < -0.3 is 29.5 Å². The molecule has 0 aliphatic carbocycles. The van der Waals surface area contributed by atoms with Crippen molar-refractivity contribution in [2.45, 2.75) is 77.3 Å². The number of nitrogens with one attached hydrogen (secondary N) is 3. The molecule has 10 heteroatoms. The van der Waals surface area contributed by atoms with Crippen LogP contribution in [-0.4, -0.2) is 62.8 Å². The molecule has 0 spiro atoms. The van der Waals surface area contributed by atoms with E-state index >= 15 is 0 Å². The molecule has 8 rings (SSSR count). The summed E-state index contributed by atoms with van der Waals surface area (Å²) in [4.78, 5) is 31.8. The van der Waals surface area contributed by atoms with Gasteiger partial charge in [-0.05, 0) is 93.3 Å². The minimum Gasteiger partial charge on any atom is -0.488 e. The highest BCUT2D eigenvalue weighted by atomic mass is 16.6. The summed E-state index contributed by atoms with van der Waals surface area (Å²) in [6.45, 7) is 9.50. The average molecular weight is 635 g/mol. The number of aromatic nitrogens is 4. The average Bonchev–Trinajstić information content (AvgIpc) is 3.85. The van der Waals surface area contributed by atoms with Crippen molar-refractivity contribution in [2.75, 3.05) is 20.3 Å². The number of carbonyl (C=O) groups is 1. The Labute approximate surface area is 274 Å². The monoisotopic (exact) mass is 634 g/mol. The van der Waals surface area contributed by atoms with E-state index in [0.29, 0.717) is 25.8 Å².